The lowest BCUT2D eigenvalue weighted by molar-refractivity contribution is 0.0886. The number of nitrogens with one attached hydrogen (secondary N) is 3. The van der Waals surface area contributed by atoms with Crippen LogP contribution in [-0.4, -0.2) is 34.7 Å². The molecule has 1 fully saturated rings. The zero-order valence-electron chi connectivity index (χ0n) is 25.4. The molecule has 2 aromatic carbocycles. The van der Waals surface area contributed by atoms with Gasteiger partial charge in [0.15, 0.2) is 5.76 Å². The maximum atomic E-state index is 13.8. The summed E-state index contributed by atoms with van der Waals surface area (Å²) in [6.07, 6.45) is 1.79. The first-order valence-electron chi connectivity index (χ1n) is 14.7. The Morgan fingerprint density at radius 1 is 0.976 bits per heavy atom. The predicted octanol–water partition coefficient (Wildman–Crippen LogP) is 7.30. The predicted molar refractivity (Wildman–Crippen MR) is 167 cm³/mol. The number of Topliss-reactive ketones (excluding diaryl/α,β-unsaturated/α-hetero) is 1. The second-order valence-corrected chi connectivity index (χ2v) is 12.4. The van der Waals surface area contributed by atoms with Crippen molar-refractivity contribution in [2.24, 2.45) is 5.92 Å². The third-order valence-electron chi connectivity index (χ3n) is 8.05. The van der Waals surface area contributed by atoms with Crippen molar-refractivity contribution in [2.45, 2.75) is 65.7 Å². The summed E-state index contributed by atoms with van der Waals surface area (Å²) in [6, 6.07) is 19.0. The molecular formula is C34H41N5O3. The highest BCUT2D eigenvalue weighted by molar-refractivity contribution is 6.01. The molecule has 0 spiro atoms. The van der Waals surface area contributed by atoms with Crippen molar-refractivity contribution in [1.82, 2.24) is 15.1 Å². The van der Waals surface area contributed by atoms with E-state index in [1.165, 1.54) is 0 Å². The van der Waals surface area contributed by atoms with Crippen LogP contribution >= 0.6 is 0 Å². The van der Waals surface area contributed by atoms with Gasteiger partial charge in [-0.05, 0) is 94.1 Å². The van der Waals surface area contributed by atoms with Crippen molar-refractivity contribution in [3.63, 3.8) is 0 Å². The summed E-state index contributed by atoms with van der Waals surface area (Å²) in [5.41, 5.74) is 5.13. The van der Waals surface area contributed by atoms with Gasteiger partial charge in [-0.1, -0.05) is 50.6 Å². The first kappa shape index (κ1) is 29.3. The molecule has 1 aliphatic rings. The minimum absolute atomic E-state index is 0.0172. The van der Waals surface area contributed by atoms with Crippen molar-refractivity contribution in [2.75, 3.05) is 23.7 Å². The van der Waals surface area contributed by atoms with E-state index < -0.39 is 0 Å². The summed E-state index contributed by atoms with van der Waals surface area (Å²) in [6.45, 7) is 13.9. The minimum Gasteiger partial charge on any atom is -0.458 e. The van der Waals surface area contributed by atoms with Crippen LogP contribution in [0.5, 0.6) is 0 Å². The number of benzene rings is 2. The Morgan fingerprint density at radius 2 is 1.69 bits per heavy atom. The van der Waals surface area contributed by atoms with Gasteiger partial charge in [0, 0.05) is 17.2 Å². The summed E-state index contributed by atoms with van der Waals surface area (Å²) in [5, 5.41) is 14.2. The van der Waals surface area contributed by atoms with Gasteiger partial charge in [-0.3, -0.25) is 10.1 Å². The summed E-state index contributed by atoms with van der Waals surface area (Å²) in [4.78, 5) is 27.1. The first-order chi connectivity index (χ1) is 20.0. The van der Waals surface area contributed by atoms with E-state index in [-0.39, 0.29) is 29.1 Å². The maximum Gasteiger partial charge on any atom is 0.324 e. The Kier molecular flexibility index (Phi) is 8.36. The van der Waals surface area contributed by atoms with Crippen LogP contribution in [-0.2, 0) is 5.41 Å². The normalized spacial score (nSPS) is 14.9. The van der Waals surface area contributed by atoms with E-state index in [2.05, 4.69) is 36.7 Å². The molecule has 0 radical (unpaired) electrons. The van der Waals surface area contributed by atoms with Crippen LogP contribution in [0.3, 0.4) is 0 Å². The second kappa shape index (κ2) is 12.0. The topological polar surface area (TPSA) is 101 Å². The van der Waals surface area contributed by atoms with Crippen molar-refractivity contribution in [1.29, 1.82) is 0 Å². The summed E-state index contributed by atoms with van der Waals surface area (Å²) in [5.74, 6) is 1.52. The number of amides is 2. The van der Waals surface area contributed by atoms with Gasteiger partial charge in [-0.2, -0.15) is 5.10 Å². The van der Waals surface area contributed by atoms with E-state index in [1.807, 2.05) is 81.4 Å². The molecule has 1 atom stereocenters. The Hall–Kier alpha value is -4.17. The summed E-state index contributed by atoms with van der Waals surface area (Å²) < 4.78 is 7.62. The van der Waals surface area contributed by atoms with Gasteiger partial charge in [0.2, 0.25) is 5.78 Å². The van der Waals surface area contributed by atoms with E-state index in [0.717, 1.165) is 59.8 Å². The zero-order chi connectivity index (χ0) is 30.0. The van der Waals surface area contributed by atoms with E-state index in [9.17, 15) is 9.59 Å². The molecule has 8 heteroatoms. The van der Waals surface area contributed by atoms with E-state index in [1.54, 1.807) is 4.68 Å². The molecule has 5 rings (SSSR count). The molecule has 1 saturated heterocycles. The smallest absolute Gasteiger partial charge is 0.324 e. The number of piperidine rings is 1. The van der Waals surface area contributed by atoms with Crippen molar-refractivity contribution in [3.05, 3.63) is 94.6 Å². The highest BCUT2D eigenvalue weighted by atomic mass is 16.3. The molecule has 0 aliphatic carbocycles. The standard InChI is InChI=1S/C34H41N5O3/c1-21-10-12-27(13-11-21)39-30(20-29(38-39)34(4,5)6)37-33(41)36-26-9-7-8-25(19-26)31(24-14-16-35-17-15-24)32(40)28-18-22(2)23(3)42-28/h7-13,18-20,24,31,35H,14-17H2,1-6H3,(H2,36,37,41). The van der Waals surface area contributed by atoms with Gasteiger partial charge in [0.05, 0.1) is 17.3 Å². The quantitative estimate of drug-likeness (QED) is 0.204. The van der Waals surface area contributed by atoms with Crippen LogP contribution < -0.4 is 16.0 Å². The number of aromatic nitrogens is 2. The molecule has 2 amide bonds. The Labute approximate surface area is 247 Å². The molecular weight excluding hydrogens is 526 g/mol. The van der Waals surface area contributed by atoms with Gasteiger partial charge in [-0.15, -0.1) is 0 Å². The molecule has 2 aromatic heterocycles. The van der Waals surface area contributed by atoms with Crippen molar-refractivity contribution in [3.8, 4) is 5.69 Å². The molecule has 0 saturated carbocycles. The Morgan fingerprint density at radius 3 is 2.33 bits per heavy atom. The number of ketones is 1. The van der Waals surface area contributed by atoms with Crippen LogP contribution in [0.2, 0.25) is 0 Å². The largest absolute Gasteiger partial charge is 0.458 e. The van der Waals surface area contributed by atoms with Crippen LogP contribution in [0.15, 0.2) is 65.1 Å². The average molecular weight is 568 g/mol. The number of nitrogens with zero attached hydrogens (tertiary/aromatic N) is 2. The maximum absolute atomic E-state index is 13.8. The Balaban J connectivity index is 1.40. The molecule has 3 N–H and O–H groups in total. The zero-order valence-corrected chi connectivity index (χ0v) is 25.4. The van der Waals surface area contributed by atoms with Crippen LogP contribution in [0.25, 0.3) is 5.69 Å². The van der Waals surface area contributed by atoms with Gasteiger partial charge >= 0.3 is 6.03 Å². The average Bonchev–Trinajstić information content (AvgIpc) is 3.53. The molecule has 0 bridgehead atoms. The van der Waals surface area contributed by atoms with Crippen LogP contribution in [0.1, 0.15) is 78.2 Å². The third-order valence-corrected chi connectivity index (χ3v) is 8.05. The lowest BCUT2D eigenvalue weighted by Crippen LogP contribution is -2.33. The van der Waals surface area contributed by atoms with Gasteiger partial charge < -0.3 is 15.1 Å². The van der Waals surface area contributed by atoms with Gasteiger partial charge in [-0.25, -0.2) is 9.48 Å². The van der Waals surface area contributed by atoms with E-state index in [4.69, 9.17) is 9.52 Å². The lowest BCUT2D eigenvalue weighted by Gasteiger charge is -2.30. The molecule has 8 nitrogen and oxygen atoms in total. The van der Waals surface area contributed by atoms with Gasteiger partial charge in [0.1, 0.15) is 11.6 Å². The fourth-order valence-electron chi connectivity index (χ4n) is 5.47. The third kappa shape index (κ3) is 6.49. The second-order valence-electron chi connectivity index (χ2n) is 12.4. The number of hydrogen-bond acceptors (Lipinski definition) is 5. The fourth-order valence-corrected chi connectivity index (χ4v) is 5.47. The number of aryl methyl sites for hydroxylation is 3. The Bertz CT molecular complexity index is 1550. The molecule has 42 heavy (non-hydrogen) atoms. The lowest BCUT2D eigenvalue weighted by atomic mass is 9.77. The summed E-state index contributed by atoms with van der Waals surface area (Å²) >= 11 is 0. The highest BCUT2D eigenvalue weighted by Gasteiger charge is 2.33. The molecule has 3 heterocycles. The number of rotatable bonds is 7. The van der Waals surface area contributed by atoms with E-state index in [0.29, 0.717) is 17.3 Å². The SMILES string of the molecule is Cc1ccc(-n2nc(C(C)(C)C)cc2NC(=O)Nc2cccc(C(C(=O)c3cc(C)c(C)o3)C3CCNCC3)c2)cc1. The highest BCUT2D eigenvalue weighted by Crippen LogP contribution is 2.36. The number of urea groups is 1. The summed E-state index contributed by atoms with van der Waals surface area (Å²) in [7, 11) is 0. The number of carbonyl (C=O) groups is 2. The molecule has 4 aromatic rings. The van der Waals surface area contributed by atoms with E-state index >= 15 is 0 Å². The molecule has 1 aliphatic heterocycles. The minimum atomic E-state index is -0.386. The van der Waals surface area contributed by atoms with Crippen molar-refractivity contribution >= 4 is 23.3 Å². The van der Waals surface area contributed by atoms with Gasteiger partial charge in [0.25, 0.3) is 0 Å². The fraction of sp³-hybridized carbons (Fsp3) is 0.382. The number of carbonyl (C=O) groups excluding carboxylic acids is 2. The number of hydrogen-bond donors (Lipinski definition) is 3. The first-order valence-corrected chi connectivity index (χ1v) is 14.7. The van der Waals surface area contributed by atoms with Crippen LogP contribution in [0, 0.1) is 26.7 Å². The monoisotopic (exact) mass is 567 g/mol. The molecule has 1 unspecified atom stereocenters. The molecule has 220 valence electrons. The number of furan rings is 1. The number of anilines is 2. The van der Waals surface area contributed by atoms with Crippen molar-refractivity contribution < 1.29 is 14.0 Å². The van der Waals surface area contributed by atoms with Crippen LogP contribution in [0.4, 0.5) is 16.3 Å².